The van der Waals surface area contributed by atoms with E-state index in [9.17, 15) is 17.3 Å². The molecule has 0 radical (unpaired) electrons. The molecule has 2 aliphatic rings. The van der Waals surface area contributed by atoms with Crippen LogP contribution in [0.15, 0.2) is 109 Å². The molecule has 0 unspecified atom stereocenters. The molecule has 0 N–H and O–H groups in total. The lowest BCUT2D eigenvalue weighted by atomic mass is 9.81. The highest BCUT2D eigenvalue weighted by atomic mass is 19.5. The SMILES string of the molecule is COc1ccc(C2=C/C(=C\C=C\C3=[N+](C)c4ccccc4C3(C)C)OC(c3ccc(OC)cc3)=C2)cc1.F[B-](F)(F)F. The third-order valence-electron chi connectivity index (χ3n) is 7.07. The molecule has 3 aromatic carbocycles. The zero-order valence-corrected chi connectivity index (χ0v) is 24.1. The van der Waals surface area contributed by atoms with Crippen LogP contribution in [0, 0.1) is 0 Å². The lowest BCUT2D eigenvalue weighted by Crippen LogP contribution is -2.26. The second kappa shape index (κ2) is 12.6. The normalized spacial score (nSPS) is 16.7. The van der Waals surface area contributed by atoms with E-state index in [1.54, 1.807) is 14.2 Å². The van der Waals surface area contributed by atoms with Gasteiger partial charge >= 0.3 is 7.25 Å². The van der Waals surface area contributed by atoms with Crippen LogP contribution in [0.4, 0.5) is 23.0 Å². The lowest BCUT2D eigenvalue weighted by molar-refractivity contribution is -0.401. The largest absolute Gasteiger partial charge is 0.673 e. The molecule has 0 fully saturated rings. The molecular formula is C33H32BF4NO3. The molecule has 42 heavy (non-hydrogen) atoms. The van der Waals surface area contributed by atoms with Crippen molar-refractivity contribution in [2.45, 2.75) is 19.3 Å². The van der Waals surface area contributed by atoms with Gasteiger partial charge in [-0.15, -0.1) is 0 Å². The van der Waals surface area contributed by atoms with Crippen molar-refractivity contribution in [1.29, 1.82) is 0 Å². The molecule has 4 nitrogen and oxygen atoms in total. The van der Waals surface area contributed by atoms with Crippen LogP contribution in [0.1, 0.15) is 30.5 Å². The number of halogens is 4. The van der Waals surface area contributed by atoms with Crippen LogP contribution < -0.4 is 9.47 Å². The van der Waals surface area contributed by atoms with Crippen molar-refractivity contribution in [3.63, 3.8) is 0 Å². The van der Waals surface area contributed by atoms with Crippen molar-refractivity contribution in [2.24, 2.45) is 0 Å². The zero-order valence-electron chi connectivity index (χ0n) is 24.1. The molecule has 2 heterocycles. The summed E-state index contributed by atoms with van der Waals surface area (Å²) in [6, 6.07) is 24.6. The lowest BCUT2D eigenvalue weighted by Gasteiger charge is -2.18. The molecule has 0 aromatic heterocycles. The monoisotopic (exact) mass is 577 g/mol. The average Bonchev–Trinajstić information content (AvgIpc) is 3.17. The molecule has 0 amide bonds. The zero-order chi connectivity index (χ0) is 30.5. The van der Waals surface area contributed by atoms with Crippen LogP contribution in [0.2, 0.25) is 0 Å². The van der Waals surface area contributed by atoms with E-state index in [1.807, 2.05) is 42.5 Å². The van der Waals surface area contributed by atoms with Crippen molar-refractivity contribution in [3.8, 4) is 11.5 Å². The fraction of sp³-hybridized carbons (Fsp3) is 0.182. The number of allylic oxidation sites excluding steroid dienone is 6. The molecule has 0 aliphatic carbocycles. The molecule has 0 saturated carbocycles. The fourth-order valence-electron chi connectivity index (χ4n) is 4.99. The molecule has 0 bridgehead atoms. The van der Waals surface area contributed by atoms with E-state index < -0.39 is 7.25 Å². The van der Waals surface area contributed by atoms with E-state index in [0.717, 1.165) is 39.7 Å². The van der Waals surface area contributed by atoms with Crippen LogP contribution >= 0.6 is 0 Å². The van der Waals surface area contributed by atoms with Gasteiger partial charge in [0.15, 0.2) is 5.71 Å². The van der Waals surface area contributed by atoms with Gasteiger partial charge < -0.3 is 31.5 Å². The third-order valence-corrected chi connectivity index (χ3v) is 7.07. The van der Waals surface area contributed by atoms with Gasteiger partial charge in [0.1, 0.15) is 30.1 Å². The highest BCUT2D eigenvalue weighted by molar-refractivity contribution is 6.50. The number of nitrogens with zero attached hydrogens (tertiary/aromatic N) is 1. The molecule has 0 atom stereocenters. The Balaban J connectivity index is 0.000000748. The predicted octanol–water partition coefficient (Wildman–Crippen LogP) is 8.60. The first kappa shape index (κ1) is 30.4. The van der Waals surface area contributed by atoms with Crippen molar-refractivity contribution in [2.75, 3.05) is 21.3 Å². The van der Waals surface area contributed by atoms with Gasteiger partial charge in [-0.3, -0.25) is 0 Å². The van der Waals surface area contributed by atoms with Crippen molar-refractivity contribution >= 4 is 30.0 Å². The standard InChI is InChI=1S/C33H32NO3.BF4/c1-33(2)29-10-6-7-11-30(29)34(3)32(33)12-8-9-28-21-25(23-13-17-26(35-4)18-14-23)22-31(37-28)24-15-19-27(36-5)20-16-24;2-1(3,4)5/h6-22H,1-5H3;/q+1;-1/b12-8+,28-9+;. The van der Waals surface area contributed by atoms with Crippen LogP contribution in [0.3, 0.4) is 0 Å². The topological polar surface area (TPSA) is 30.7 Å². The number of ether oxygens (including phenoxy) is 3. The Morgan fingerprint density at radius 2 is 1.33 bits per heavy atom. The van der Waals surface area contributed by atoms with E-state index in [4.69, 9.17) is 14.2 Å². The summed E-state index contributed by atoms with van der Waals surface area (Å²) in [5, 5.41) is 0. The molecular weight excluding hydrogens is 545 g/mol. The number of fused-ring (bicyclic) bond motifs is 1. The van der Waals surface area contributed by atoms with Crippen LogP contribution in [-0.4, -0.2) is 38.8 Å². The van der Waals surface area contributed by atoms with E-state index in [1.165, 1.54) is 17.0 Å². The summed E-state index contributed by atoms with van der Waals surface area (Å²) < 4.78 is 58.3. The number of hydrogen-bond acceptors (Lipinski definition) is 3. The molecule has 218 valence electrons. The smallest absolute Gasteiger partial charge is 0.497 e. The Morgan fingerprint density at radius 1 is 0.786 bits per heavy atom. The van der Waals surface area contributed by atoms with Crippen LogP contribution in [0.25, 0.3) is 11.3 Å². The Labute approximate surface area is 243 Å². The minimum Gasteiger partial charge on any atom is -0.497 e. The summed E-state index contributed by atoms with van der Waals surface area (Å²) in [6.45, 7) is 4.54. The summed E-state index contributed by atoms with van der Waals surface area (Å²) in [7, 11) is -0.524. The van der Waals surface area contributed by atoms with Crippen molar-refractivity contribution in [3.05, 3.63) is 126 Å². The van der Waals surface area contributed by atoms with E-state index >= 15 is 0 Å². The van der Waals surface area contributed by atoms with Gasteiger partial charge in [-0.2, -0.15) is 4.58 Å². The molecule has 3 aromatic rings. The summed E-state index contributed by atoms with van der Waals surface area (Å²) in [5.74, 6) is 3.20. The second-order valence-electron chi connectivity index (χ2n) is 10.2. The minimum absolute atomic E-state index is 0.0774. The first-order valence-electron chi connectivity index (χ1n) is 13.3. The summed E-state index contributed by atoms with van der Waals surface area (Å²) >= 11 is 0. The average molecular weight is 577 g/mol. The van der Waals surface area contributed by atoms with Crippen molar-refractivity contribution < 1.29 is 36.0 Å². The number of para-hydroxylation sites is 1. The Kier molecular flexibility index (Phi) is 9.09. The van der Waals surface area contributed by atoms with Gasteiger partial charge in [-0.1, -0.05) is 36.4 Å². The number of hydrogen-bond donors (Lipinski definition) is 0. The maximum Gasteiger partial charge on any atom is 0.673 e. The number of rotatable bonds is 6. The molecule has 0 spiro atoms. The van der Waals surface area contributed by atoms with Crippen LogP contribution in [-0.2, 0) is 10.2 Å². The molecule has 0 saturated heterocycles. The highest BCUT2D eigenvalue weighted by Crippen LogP contribution is 2.39. The summed E-state index contributed by atoms with van der Waals surface area (Å²) in [6.07, 6.45) is 10.4. The van der Waals surface area contributed by atoms with Gasteiger partial charge in [0.2, 0.25) is 5.69 Å². The first-order valence-corrected chi connectivity index (χ1v) is 13.3. The maximum absolute atomic E-state index is 9.75. The number of benzene rings is 3. The first-order chi connectivity index (χ1) is 19.9. The Hall–Kier alpha value is -4.53. The van der Waals surface area contributed by atoms with Gasteiger partial charge in [0, 0.05) is 23.3 Å². The van der Waals surface area contributed by atoms with Crippen molar-refractivity contribution in [1.82, 2.24) is 0 Å². The molecule has 9 heteroatoms. The van der Waals surface area contributed by atoms with E-state index in [0.29, 0.717) is 0 Å². The van der Waals surface area contributed by atoms with Gasteiger partial charge in [0.25, 0.3) is 0 Å². The predicted molar refractivity (Wildman–Crippen MR) is 161 cm³/mol. The Morgan fingerprint density at radius 3 is 1.88 bits per heavy atom. The fourth-order valence-corrected chi connectivity index (χ4v) is 4.99. The van der Waals surface area contributed by atoms with Crippen LogP contribution in [0.5, 0.6) is 11.5 Å². The molecule has 2 aliphatic heterocycles. The maximum atomic E-state index is 9.75. The summed E-state index contributed by atoms with van der Waals surface area (Å²) in [5.41, 5.74) is 6.89. The Bertz CT molecular complexity index is 1580. The third kappa shape index (κ3) is 7.21. The van der Waals surface area contributed by atoms with Gasteiger partial charge in [-0.25, -0.2) is 0 Å². The van der Waals surface area contributed by atoms with Gasteiger partial charge in [-0.05, 0) is 79.6 Å². The second-order valence-corrected chi connectivity index (χ2v) is 10.2. The highest BCUT2D eigenvalue weighted by Gasteiger charge is 2.42. The molecule has 5 rings (SSSR count). The van der Waals surface area contributed by atoms with E-state index in [2.05, 4.69) is 86.2 Å². The minimum atomic E-state index is -6.00. The van der Waals surface area contributed by atoms with Gasteiger partial charge in [0.05, 0.1) is 19.6 Å². The number of methoxy groups -OCH3 is 2. The summed E-state index contributed by atoms with van der Waals surface area (Å²) in [4.78, 5) is 0. The van der Waals surface area contributed by atoms with E-state index in [-0.39, 0.29) is 5.41 Å². The quantitative estimate of drug-likeness (QED) is 0.167.